The molecule has 0 radical (unpaired) electrons. The van der Waals surface area contributed by atoms with Crippen LogP contribution in [-0.4, -0.2) is 9.38 Å². The van der Waals surface area contributed by atoms with Crippen molar-refractivity contribution in [2.75, 3.05) is 0 Å². The Morgan fingerprint density at radius 2 is 2.33 bits per heavy atom. The van der Waals surface area contributed by atoms with Crippen molar-refractivity contribution < 1.29 is 4.42 Å². The van der Waals surface area contributed by atoms with Gasteiger partial charge < -0.3 is 4.42 Å². The normalized spacial score (nSPS) is 11.2. The predicted molar refractivity (Wildman–Crippen MR) is 71.2 cm³/mol. The molecule has 4 nitrogen and oxygen atoms in total. The van der Waals surface area contributed by atoms with E-state index in [1.165, 1.54) is 11.3 Å². The van der Waals surface area contributed by atoms with Crippen LogP contribution in [0.4, 0.5) is 0 Å². The third-order valence-corrected chi connectivity index (χ3v) is 3.82. The number of aryl methyl sites for hydroxylation is 2. The van der Waals surface area contributed by atoms with Gasteiger partial charge in [0, 0.05) is 16.6 Å². The molecule has 3 aromatic heterocycles. The Kier molecular flexibility index (Phi) is 2.56. The Bertz CT molecular complexity index is 753. The molecule has 92 valence electrons. The molecular weight excluding hydrogens is 248 g/mol. The van der Waals surface area contributed by atoms with Crippen LogP contribution >= 0.6 is 11.3 Å². The summed E-state index contributed by atoms with van der Waals surface area (Å²) in [6.45, 7) is 3.97. The van der Waals surface area contributed by atoms with Gasteiger partial charge in [-0.1, -0.05) is 6.92 Å². The minimum atomic E-state index is -0.0485. The maximum absolute atomic E-state index is 12.2. The maximum Gasteiger partial charge on any atom is 0.259 e. The van der Waals surface area contributed by atoms with Crippen molar-refractivity contribution >= 4 is 16.3 Å². The van der Waals surface area contributed by atoms with E-state index < -0.39 is 0 Å². The molecule has 0 saturated carbocycles. The molecule has 3 rings (SSSR count). The van der Waals surface area contributed by atoms with Gasteiger partial charge >= 0.3 is 0 Å². The zero-order valence-electron chi connectivity index (χ0n) is 10.1. The number of thiazole rings is 1. The molecule has 0 saturated heterocycles. The van der Waals surface area contributed by atoms with E-state index in [2.05, 4.69) is 4.98 Å². The molecule has 0 spiro atoms. The van der Waals surface area contributed by atoms with Crippen LogP contribution in [0.3, 0.4) is 0 Å². The molecule has 0 N–H and O–H groups in total. The average Bonchev–Trinajstić information content (AvgIpc) is 2.95. The molecule has 0 unspecified atom stereocenters. The highest BCUT2D eigenvalue weighted by molar-refractivity contribution is 7.17. The second kappa shape index (κ2) is 4.10. The van der Waals surface area contributed by atoms with Crippen LogP contribution in [0.1, 0.15) is 17.5 Å². The fourth-order valence-corrected chi connectivity index (χ4v) is 3.00. The summed E-state index contributed by atoms with van der Waals surface area (Å²) in [6.07, 6.45) is 2.37. The summed E-state index contributed by atoms with van der Waals surface area (Å²) in [7, 11) is 0. The van der Waals surface area contributed by atoms with Crippen LogP contribution in [0.25, 0.3) is 16.4 Å². The lowest BCUT2D eigenvalue weighted by Gasteiger charge is -2.00. The molecular formula is C13H12N2O2S. The monoisotopic (exact) mass is 260 g/mol. The molecule has 0 amide bonds. The van der Waals surface area contributed by atoms with Gasteiger partial charge in [-0.2, -0.15) is 0 Å². The number of furan rings is 1. The Hall–Kier alpha value is -1.88. The third-order valence-electron chi connectivity index (χ3n) is 2.86. The van der Waals surface area contributed by atoms with Crippen LogP contribution in [-0.2, 0) is 6.42 Å². The lowest BCUT2D eigenvalue weighted by atomic mass is 10.3. The zero-order chi connectivity index (χ0) is 12.7. The lowest BCUT2D eigenvalue weighted by Crippen LogP contribution is -2.14. The molecule has 3 heterocycles. The Labute approximate surface area is 108 Å². The Balaban J connectivity index is 2.40. The molecule has 5 heteroatoms. The summed E-state index contributed by atoms with van der Waals surface area (Å²) in [5, 5.41) is 0. The summed E-state index contributed by atoms with van der Waals surface area (Å²) in [6, 6.07) is 5.26. The Morgan fingerprint density at radius 1 is 1.50 bits per heavy atom. The van der Waals surface area contributed by atoms with Crippen molar-refractivity contribution in [2.45, 2.75) is 20.3 Å². The third kappa shape index (κ3) is 1.59. The number of fused-ring (bicyclic) bond motifs is 1. The molecule has 0 aliphatic rings. The minimum Gasteiger partial charge on any atom is -0.463 e. The van der Waals surface area contributed by atoms with Gasteiger partial charge in [-0.3, -0.25) is 4.79 Å². The largest absolute Gasteiger partial charge is 0.463 e. The summed E-state index contributed by atoms with van der Waals surface area (Å²) >= 11 is 1.51. The molecule has 0 aliphatic carbocycles. The molecule has 18 heavy (non-hydrogen) atoms. The first kappa shape index (κ1) is 11.2. The van der Waals surface area contributed by atoms with E-state index in [4.69, 9.17) is 4.42 Å². The highest BCUT2D eigenvalue weighted by Crippen LogP contribution is 2.29. The first-order chi connectivity index (χ1) is 8.70. The standard InChI is InChI=1S/C13H12N2O2S/c1-3-9-7-11(16)15-12(10-5-4-6-17-10)8(2)18-13(15)14-9/h4-7H,3H2,1-2H3. The number of rotatable bonds is 2. The van der Waals surface area contributed by atoms with Gasteiger partial charge in [-0.15, -0.1) is 11.3 Å². The topological polar surface area (TPSA) is 47.5 Å². The van der Waals surface area contributed by atoms with Gasteiger partial charge in [-0.25, -0.2) is 9.38 Å². The highest BCUT2D eigenvalue weighted by atomic mass is 32.1. The van der Waals surface area contributed by atoms with Gasteiger partial charge in [-0.05, 0) is 25.5 Å². The van der Waals surface area contributed by atoms with Gasteiger partial charge in [0.1, 0.15) is 5.69 Å². The lowest BCUT2D eigenvalue weighted by molar-refractivity contribution is 0.578. The van der Waals surface area contributed by atoms with Crippen LogP contribution in [0.2, 0.25) is 0 Å². The van der Waals surface area contributed by atoms with Gasteiger partial charge in [0.2, 0.25) is 0 Å². The molecule has 3 aromatic rings. The number of aromatic nitrogens is 2. The van der Waals surface area contributed by atoms with E-state index in [1.807, 2.05) is 26.0 Å². The summed E-state index contributed by atoms with van der Waals surface area (Å²) < 4.78 is 7.02. The van der Waals surface area contributed by atoms with E-state index in [9.17, 15) is 4.79 Å². The molecule has 0 atom stereocenters. The van der Waals surface area contributed by atoms with Crippen LogP contribution in [0.15, 0.2) is 33.7 Å². The van der Waals surface area contributed by atoms with Crippen molar-refractivity contribution in [1.29, 1.82) is 0 Å². The van der Waals surface area contributed by atoms with Crippen LogP contribution < -0.4 is 5.56 Å². The fourth-order valence-electron chi connectivity index (χ4n) is 2.00. The number of hydrogen-bond acceptors (Lipinski definition) is 4. The van der Waals surface area contributed by atoms with Gasteiger partial charge in [0.25, 0.3) is 5.56 Å². The summed E-state index contributed by atoms with van der Waals surface area (Å²) in [4.78, 5) is 18.4. The van der Waals surface area contributed by atoms with Crippen molar-refractivity contribution in [3.8, 4) is 11.5 Å². The second-order valence-corrected chi connectivity index (χ2v) is 5.22. The van der Waals surface area contributed by atoms with Gasteiger partial charge in [0.15, 0.2) is 10.7 Å². The van der Waals surface area contributed by atoms with E-state index >= 15 is 0 Å². The zero-order valence-corrected chi connectivity index (χ0v) is 11.0. The van der Waals surface area contributed by atoms with Crippen LogP contribution in [0, 0.1) is 6.92 Å². The predicted octanol–water partition coefficient (Wildman–Crippen LogP) is 2.89. The SMILES string of the molecule is CCc1cc(=O)n2c(-c3ccco3)c(C)sc2n1. The minimum absolute atomic E-state index is 0.0485. The summed E-state index contributed by atoms with van der Waals surface area (Å²) in [5.74, 6) is 0.701. The first-order valence-corrected chi connectivity index (χ1v) is 6.58. The van der Waals surface area contributed by atoms with Crippen molar-refractivity contribution in [1.82, 2.24) is 9.38 Å². The van der Waals surface area contributed by atoms with Crippen LogP contribution in [0.5, 0.6) is 0 Å². The quantitative estimate of drug-likeness (QED) is 0.711. The van der Waals surface area contributed by atoms with E-state index in [-0.39, 0.29) is 5.56 Å². The average molecular weight is 260 g/mol. The van der Waals surface area contributed by atoms with E-state index in [0.717, 1.165) is 27.6 Å². The number of hydrogen-bond donors (Lipinski definition) is 0. The van der Waals surface area contributed by atoms with Crippen molar-refractivity contribution in [2.24, 2.45) is 0 Å². The van der Waals surface area contributed by atoms with Gasteiger partial charge in [0.05, 0.1) is 6.26 Å². The molecule has 0 fully saturated rings. The molecule has 0 aliphatic heterocycles. The Morgan fingerprint density at radius 3 is 3.00 bits per heavy atom. The van der Waals surface area contributed by atoms with E-state index in [0.29, 0.717) is 5.76 Å². The highest BCUT2D eigenvalue weighted by Gasteiger charge is 2.16. The molecule has 0 aromatic carbocycles. The first-order valence-electron chi connectivity index (χ1n) is 5.76. The second-order valence-electron chi connectivity index (χ2n) is 4.04. The summed E-state index contributed by atoms with van der Waals surface area (Å²) in [5.41, 5.74) is 1.58. The van der Waals surface area contributed by atoms with Crippen molar-refractivity contribution in [3.05, 3.63) is 45.4 Å². The van der Waals surface area contributed by atoms with Crippen molar-refractivity contribution in [3.63, 3.8) is 0 Å². The smallest absolute Gasteiger partial charge is 0.259 e. The number of nitrogens with zero attached hydrogens (tertiary/aromatic N) is 2. The molecule has 0 bridgehead atoms. The fraction of sp³-hybridized carbons (Fsp3) is 0.231. The van der Waals surface area contributed by atoms with E-state index in [1.54, 1.807) is 16.7 Å². The maximum atomic E-state index is 12.2.